The van der Waals surface area contributed by atoms with Crippen molar-refractivity contribution in [3.63, 3.8) is 0 Å². The molecule has 2 rings (SSSR count). The highest BCUT2D eigenvalue weighted by atomic mass is 16.2. The number of carbonyl (C=O) groups excluding carboxylic acids is 1. The number of unbranched alkanes of at least 4 members (excludes halogenated alkanes) is 13. The molecule has 0 amide bonds. The SMILES string of the molecule is CCCCCCCCC/C=C/CCCCCCCCC(=O)n1nnc2ccccc21. The van der Waals surface area contributed by atoms with Crippen LogP contribution in [0.25, 0.3) is 11.0 Å². The smallest absolute Gasteiger partial charge is 0.248 e. The zero-order valence-corrected chi connectivity index (χ0v) is 19.0. The number of aromatic nitrogens is 3. The molecule has 4 heteroatoms. The van der Waals surface area contributed by atoms with Gasteiger partial charge in [0.25, 0.3) is 0 Å². The van der Waals surface area contributed by atoms with Crippen molar-refractivity contribution >= 4 is 16.9 Å². The van der Waals surface area contributed by atoms with Gasteiger partial charge >= 0.3 is 0 Å². The molecule has 0 unspecified atom stereocenters. The first-order valence-corrected chi connectivity index (χ1v) is 12.3. The molecule has 166 valence electrons. The van der Waals surface area contributed by atoms with Gasteiger partial charge < -0.3 is 0 Å². The van der Waals surface area contributed by atoms with Gasteiger partial charge in [-0.25, -0.2) is 0 Å². The van der Waals surface area contributed by atoms with Crippen LogP contribution in [0.5, 0.6) is 0 Å². The summed E-state index contributed by atoms with van der Waals surface area (Å²) >= 11 is 0. The lowest BCUT2D eigenvalue weighted by Gasteiger charge is -2.02. The molecule has 1 aromatic carbocycles. The number of carbonyl (C=O) groups is 1. The Kier molecular flexibility index (Phi) is 12.8. The molecule has 0 atom stereocenters. The number of hydrogen-bond donors (Lipinski definition) is 0. The second kappa shape index (κ2) is 15.8. The fourth-order valence-corrected chi connectivity index (χ4v) is 3.86. The van der Waals surface area contributed by atoms with Crippen molar-refractivity contribution in [1.29, 1.82) is 0 Å². The Hall–Kier alpha value is -1.97. The first-order valence-electron chi connectivity index (χ1n) is 12.3. The van der Waals surface area contributed by atoms with Crippen LogP contribution in [0.2, 0.25) is 0 Å². The van der Waals surface area contributed by atoms with Crippen molar-refractivity contribution in [1.82, 2.24) is 15.0 Å². The Morgan fingerprint density at radius 2 is 1.37 bits per heavy atom. The lowest BCUT2D eigenvalue weighted by Crippen LogP contribution is -2.12. The Balaban J connectivity index is 1.38. The maximum Gasteiger partial charge on any atom is 0.248 e. The van der Waals surface area contributed by atoms with Crippen LogP contribution in [0.1, 0.15) is 114 Å². The van der Waals surface area contributed by atoms with Crippen molar-refractivity contribution in [2.24, 2.45) is 0 Å². The number of rotatable bonds is 17. The van der Waals surface area contributed by atoms with Crippen LogP contribution < -0.4 is 0 Å². The molecule has 2 aromatic rings. The number of allylic oxidation sites excluding steroid dienone is 2. The summed E-state index contributed by atoms with van der Waals surface area (Å²) in [5.41, 5.74) is 1.59. The molecule has 0 bridgehead atoms. The van der Waals surface area contributed by atoms with Crippen LogP contribution >= 0.6 is 0 Å². The molecule has 0 aliphatic heterocycles. The summed E-state index contributed by atoms with van der Waals surface area (Å²) in [5, 5.41) is 8.05. The zero-order valence-electron chi connectivity index (χ0n) is 19.0. The summed E-state index contributed by atoms with van der Waals surface area (Å²) in [6, 6.07) is 7.62. The van der Waals surface area contributed by atoms with Crippen molar-refractivity contribution in [2.45, 2.75) is 110 Å². The summed E-state index contributed by atoms with van der Waals surface area (Å²) in [5.74, 6) is 0.0507. The van der Waals surface area contributed by atoms with E-state index in [-0.39, 0.29) is 5.91 Å². The van der Waals surface area contributed by atoms with Crippen LogP contribution in [-0.2, 0) is 0 Å². The average molecular weight is 412 g/mol. The van der Waals surface area contributed by atoms with E-state index in [2.05, 4.69) is 29.4 Å². The van der Waals surface area contributed by atoms with Crippen LogP contribution in [0, 0.1) is 0 Å². The van der Waals surface area contributed by atoms with E-state index in [1.807, 2.05) is 24.3 Å². The second-order valence-electron chi connectivity index (χ2n) is 8.43. The maximum atomic E-state index is 12.3. The third kappa shape index (κ3) is 9.69. The molecule has 0 N–H and O–H groups in total. The topological polar surface area (TPSA) is 47.8 Å². The first kappa shape index (κ1) is 24.3. The molecule has 0 saturated carbocycles. The van der Waals surface area contributed by atoms with E-state index in [1.165, 1.54) is 88.2 Å². The Labute approximate surface area is 183 Å². The molecule has 0 aliphatic rings. The van der Waals surface area contributed by atoms with Crippen LogP contribution in [0.15, 0.2) is 36.4 Å². The lowest BCUT2D eigenvalue weighted by molar-refractivity contribution is 0.0886. The number of para-hydroxylation sites is 1. The fraction of sp³-hybridized carbons (Fsp3) is 0.654. The predicted molar refractivity (Wildman–Crippen MR) is 127 cm³/mol. The second-order valence-corrected chi connectivity index (χ2v) is 8.43. The van der Waals surface area contributed by atoms with Gasteiger partial charge in [-0.05, 0) is 44.2 Å². The van der Waals surface area contributed by atoms with E-state index in [0.717, 1.165) is 23.9 Å². The van der Waals surface area contributed by atoms with E-state index >= 15 is 0 Å². The van der Waals surface area contributed by atoms with Gasteiger partial charge in [0.15, 0.2) is 0 Å². The molecule has 0 spiro atoms. The number of hydrogen-bond acceptors (Lipinski definition) is 3. The highest BCUT2D eigenvalue weighted by Crippen LogP contribution is 2.13. The summed E-state index contributed by atoms with van der Waals surface area (Å²) < 4.78 is 1.45. The minimum Gasteiger partial charge on any atom is -0.273 e. The van der Waals surface area contributed by atoms with Crippen LogP contribution in [0.3, 0.4) is 0 Å². The molecule has 0 saturated heterocycles. The van der Waals surface area contributed by atoms with Crippen LogP contribution in [-0.4, -0.2) is 20.9 Å². The van der Waals surface area contributed by atoms with Crippen molar-refractivity contribution in [2.75, 3.05) is 0 Å². The lowest BCUT2D eigenvalue weighted by atomic mass is 10.1. The summed E-state index contributed by atoms with van der Waals surface area (Å²) in [6.07, 6.45) is 24.6. The molecule has 0 fully saturated rings. The Morgan fingerprint density at radius 3 is 2.03 bits per heavy atom. The van der Waals surface area contributed by atoms with E-state index in [9.17, 15) is 4.79 Å². The summed E-state index contributed by atoms with van der Waals surface area (Å²) in [4.78, 5) is 12.3. The highest BCUT2D eigenvalue weighted by molar-refractivity contribution is 5.88. The fourth-order valence-electron chi connectivity index (χ4n) is 3.86. The van der Waals surface area contributed by atoms with E-state index in [4.69, 9.17) is 0 Å². The minimum absolute atomic E-state index is 0.0507. The Bertz CT molecular complexity index is 735. The van der Waals surface area contributed by atoms with Crippen molar-refractivity contribution in [3.8, 4) is 0 Å². The van der Waals surface area contributed by atoms with E-state index in [1.54, 1.807) is 0 Å². The van der Waals surface area contributed by atoms with Gasteiger partial charge in [-0.1, -0.05) is 101 Å². The molecule has 30 heavy (non-hydrogen) atoms. The van der Waals surface area contributed by atoms with Gasteiger partial charge in [0, 0.05) is 6.42 Å². The quantitative estimate of drug-likeness (QED) is 0.196. The number of benzene rings is 1. The number of nitrogens with zero attached hydrogens (tertiary/aromatic N) is 3. The molecule has 0 radical (unpaired) electrons. The van der Waals surface area contributed by atoms with E-state index < -0.39 is 0 Å². The van der Waals surface area contributed by atoms with Crippen molar-refractivity contribution < 1.29 is 4.79 Å². The van der Waals surface area contributed by atoms with Crippen LogP contribution in [0.4, 0.5) is 0 Å². The summed E-state index contributed by atoms with van der Waals surface area (Å²) in [7, 11) is 0. The molecular formula is C26H41N3O. The Morgan fingerprint density at radius 1 is 0.800 bits per heavy atom. The average Bonchev–Trinajstić information content (AvgIpc) is 3.20. The predicted octanol–water partition coefficient (Wildman–Crippen LogP) is 7.89. The van der Waals surface area contributed by atoms with Gasteiger partial charge in [0.05, 0.1) is 5.52 Å². The third-order valence-electron chi connectivity index (χ3n) is 5.74. The van der Waals surface area contributed by atoms with Gasteiger partial charge in [-0.2, -0.15) is 4.68 Å². The summed E-state index contributed by atoms with van der Waals surface area (Å²) in [6.45, 7) is 2.27. The third-order valence-corrected chi connectivity index (χ3v) is 5.74. The zero-order chi connectivity index (χ0) is 21.3. The molecule has 4 nitrogen and oxygen atoms in total. The normalized spacial score (nSPS) is 11.6. The molecular weight excluding hydrogens is 370 g/mol. The van der Waals surface area contributed by atoms with E-state index in [0.29, 0.717) is 6.42 Å². The van der Waals surface area contributed by atoms with Gasteiger partial charge in [0.2, 0.25) is 5.91 Å². The molecule has 1 aromatic heterocycles. The highest BCUT2D eigenvalue weighted by Gasteiger charge is 2.10. The minimum atomic E-state index is 0.0507. The number of fused-ring (bicyclic) bond motifs is 1. The van der Waals surface area contributed by atoms with Gasteiger partial charge in [-0.3, -0.25) is 4.79 Å². The first-order chi connectivity index (χ1) is 14.8. The standard InChI is InChI=1S/C26H41N3O/c1-2-3-4-5-6-7-8-9-10-11-12-13-14-15-16-17-18-23-26(30)29-25-22-20-19-21-24(25)27-28-29/h10-11,19-22H,2-9,12-18,23H2,1H3/b11-10+. The van der Waals surface area contributed by atoms with Gasteiger partial charge in [0.1, 0.15) is 5.52 Å². The van der Waals surface area contributed by atoms with Crippen molar-refractivity contribution in [3.05, 3.63) is 36.4 Å². The van der Waals surface area contributed by atoms with Gasteiger partial charge in [-0.15, -0.1) is 5.10 Å². The molecule has 1 heterocycles. The molecule has 0 aliphatic carbocycles. The maximum absolute atomic E-state index is 12.3. The largest absolute Gasteiger partial charge is 0.273 e. The monoisotopic (exact) mass is 411 g/mol.